The van der Waals surface area contributed by atoms with Gasteiger partial charge in [-0.1, -0.05) is 0 Å². The lowest BCUT2D eigenvalue weighted by atomic mass is 10.1. The zero-order valence-electron chi connectivity index (χ0n) is 11.1. The van der Waals surface area contributed by atoms with Gasteiger partial charge in [-0.3, -0.25) is 9.59 Å². The van der Waals surface area contributed by atoms with E-state index < -0.39 is 11.8 Å². The molecule has 0 aromatic heterocycles. The quantitative estimate of drug-likeness (QED) is 0.571. The molecule has 0 unspecified atom stereocenters. The average Bonchev–Trinajstić information content (AvgIpc) is 3.13. The first-order valence-corrected chi connectivity index (χ1v) is 7.02. The van der Waals surface area contributed by atoms with Gasteiger partial charge in [0.1, 0.15) is 0 Å². The van der Waals surface area contributed by atoms with Gasteiger partial charge in [-0.2, -0.15) is 0 Å². The molecule has 0 bridgehead atoms. The molecule has 0 spiro atoms. The first-order valence-electron chi connectivity index (χ1n) is 7.02. The maximum Gasteiger partial charge on any atom is 0.309 e. The Balaban J connectivity index is 1.54. The van der Waals surface area contributed by atoms with Crippen LogP contribution in [0.25, 0.3) is 0 Å². The molecule has 6 heteroatoms. The Kier molecular flexibility index (Phi) is 5.15. The number of nitrogens with one attached hydrogen (secondary N) is 2. The van der Waals surface area contributed by atoms with Gasteiger partial charge in [0.25, 0.3) is 0 Å². The van der Waals surface area contributed by atoms with Gasteiger partial charge in [0.15, 0.2) is 0 Å². The predicted octanol–water partition coefficient (Wildman–Crippen LogP) is -0.441. The summed E-state index contributed by atoms with van der Waals surface area (Å²) in [6, 6.07) is 0. The van der Waals surface area contributed by atoms with Crippen LogP contribution in [0.2, 0.25) is 0 Å². The van der Waals surface area contributed by atoms with Crippen LogP contribution in [-0.2, 0) is 14.3 Å². The van der Waals surface area contributed by atoms with Crippen LogP contribution in [0.15, 0.2) is 0 Å². The molecule has 0 aromatic rings. The molecule has 2 atom stereocenters. The van der Waals surface area contributed by atoms with Crippen LogP contribution in [0.1, 0.15) is 32.1 Å². The summed E-state index contributed by atoms with van der Waals surface area (Å²) in [4.78, 5) is 22.9. The molecule has 1 aliphatic heterocycles. The second-order valence-corrected chi connectivity index (χ2v) is 5.29. The minimum Gasteiger partial charge on any atom is -0.393 e. The minimum atomic E-state index is -0.638. The van der Waals surface area contributed by atoms with Crippen molar-refractivity contribution in [1.82, 2.24) is 10.6 Å². The first-order chi connectivity index (χ1) is 9.16. The van der Waals surface area contributed by atoms with Crippen molar-refractivity contribution in [1.29, 1.82) is 0 Å². The molecular formula is C13H22N2O4. The molecule has 2 fully saturated rings. The van der Waals surface area contributed by atoms with E-state index in [0.717, 1.165) is 32.3 Å². The third-order valence-electron chi connectivity index (χ3n) is 3.61. The lowest BCUT2D eigenvalue weighted by Gasteiger charge is -2.12. The number of rotatable bonds is 6. The number of aliphatic hydroxyl groups is 1. The Morgan fingerprint density at radius 1 is 1.21 bits per heavy atom. The van der Waals surface area contributed by atoms with E-state index >= 15 is 0 Å². The summed E-state index contributed by atoms with van der Waals surface area (Å²) in [6.45, 7) is 1.45. The second kappa shape index (κ2) is 6.86. The van der Waals surface area contributed by atoms with E-state index in [0.29, 0.717) is 25.4 Å². The zero-order valence-corrected chi connectivity index (χ0v) is 11.1. The Bertz CT molecular complexity index is 325. The Morgan fingerprint density at radius 3 is 2.58 bits per heavy atom. The number of ether oxygens (including phenoxy) is 1. The molecule has 1 heterocycles. The lowest BCUT2D eigenvalue weighted by Crippen LogP contribution is -2.43. The molecule has 6 nitrogen and oxygen atoms in total. The van der Waals surface area contributed by atoms with Crippen molar-refractivity contribution in [3.05, 3.63) is 0 Å². The van der Waals surface area contributed by atoms with Crippen molar-refractivity contribution in [2.75, 3.05) is 19.7 Å². The summed E-state index contributed by atoms with van der Waals surface area (Å²) in [5.74, 6) is -0.873. The fraction of sp³-hybridized carbons (Fsp3) is 0.846. The van der Waals surface area contributed by atoms with Gasteiger partial charge in [0, 0.05) is 19.7 Å². The van der Waals surface area contributed by atoms with Gasteiger partial charge in [-0.15, -0.1) is 0 Å². The third kappa shape index (κ3) is 4.80. The molecule has 108 valence electrons. The third-order valence-corrected chi connectivity index (χ3v) is 3.61. The molecule has 3 N–H and O–H groups in total. The number of carbonyl (C=O) groups excluding carboxylic acids is 2. The molecule has 2 aliphatic rings. The SMILES string of the molecule is O=C(NCC[C@H](O)C1CC1)C(=O)NC[C@@H]1CCCO1. The number of hydrogen-bond donors (Lipinski definition) is 3. The molecule has 0 aromatic carbocycles. The second-order valence-electron chi connectivity index (χ2n) is 5.29. The Labute approximate surface area is 112 Å². The fourth-order valence-corrected chi connectivity index (χ4v) is 2.22. The number of carbonyl (C=O) groups is 2. The Hall–Kier alpha value is -1.14. The Morgan fingerprint density at radius 2 is 1.95 bits per heavy atom. The van der Waals surface area contributed by atoms with E-state index in [1.807, 2.05) is 0 Å². The van der Waals surface area contributed by atoms with Crippen LogP contribution in [0, 0.1) is 5.92 Å². The number of hydrogen-bond acceptors (Lipinski definition) is 4. The summed E-state index contributed by atoms with van der Waals surface area (Å²) in [5.41, 5.74) is 0. The van der Waals surface area contributed by atoms with Crippen LogP contribution < -0.4 is 10.6 Å². The highest BCUT2D eigenvalue weighted by Crippen LogP contribution is 2.33. The average molecular weight is 270 g/mol. The standard InChI is InChI=1S/C13H22N2O4/c16-11(9-3-4-9)5-6-14-12(17)13(18)15-8-10-2-1-7-19-10/h9-11,16H,1-8H2,(H,14,17)(H,15,18)/t10-,11-/m0/s1. The zero-order chi connectivity index (χ0) is 13.7. The maximum atomic E-state index is 11.5. The van der Waals surface area contributed by atoms with Crippen molar-refractivity contribution < 1.29 is 19.4 Å². The van der Waals surface area contributed by atoms with Gasteiger partial charge < -0.3 is 20.5 Å². The maximum absolute atomic E-state index is 11.5. The summed E-state index contributed by atoms with van der Waals surface area (Å²) < 4.78 is 5.35. The number of aliphatic hydroxyl groups excluding tert-OH is 1. The smallest absolute Gasteiger partial charge is 0.309 e. The van der Waals surface area contributed by atoms with E-state index in [2.05, 4.69) is 10.6 Å². The highest BCUT2D eigenvalue weighted by Gasteiger charge is 2.29. The highest BCUT2D eigenvalue weighted by atomic mass is 16.5. The molecule has 2 rings (SSSR count). The fourth-order valence-electron chi connectivity index (χ4n) is 2.22. The van der Waals surface area contributed by atoms with Crippen LogP contribution in [0.5, 0.6) is 0 Å². The number of amides is 2. The van der Waals surface area contributed by atoms with Gasteiger partial charge in [0.2, 0.25) is 0 Å². The molecule has 1 saturated carbocycles. The summed E-state index contributed by atoms with van der Waals surface area (Å²) in [5, 5.41) is 14.7. The van der Waals surface area contributed by atoms with Crippen molar-refractivity contribution in [3.63, 3.8) is 0 Å². The van der Waals surface area contributed by atoms with Crippen molar-refractivity contribution in [3.8, 4) is 0 Å². The van der Waals surface area contributed by atoms with E-state index in [1.54, 1.807) is 0 Å². The minimum absolute atomic E-state index is 0.0356. The van der Waals surface area contributed by atoms with Gasteiger partial charge in [0.05, 0.1) is 12.2 Å². The molecule has 1 saturated heterocycles. The van der Waals surface area contributed by atoms with E-state index in [9.17, 15) is 14.7 Å². The molecule has 1 aliphatic carbocycles. The summed E-state index contributed by atoms with van der Waals surface area (Å²) >= 11 is 0. The predicted molar refractivity (Wildman–Crippen MR) is 68.3 cm³/mol. The van der Waals surface area contributed by atoms with Crippen molar-refractivity contribution >= 4 is 11.8 Å². The van der Waals surface area contributed by atoms with Gasteiger partial charge in [-0.05, 0) is 38.0 Å². The largest absolute Gasteiger partial charge is 0.393 e. The van der Waals surface area contributed by atoms with Gasteiger partial charge in [-0.25, -0.2) is 0 Å². The van der Waals surface area contributed by atoms with E-state index in [1.165, 1.54) is 0 Å². The van der Waals surface area contributed by atoms with E-state index in [4.69, 9.17) is 4.74 Å². The first kappa shape index (κ1) is 14.3. The summed E-state index contributed by atoms with van der Waals surface area (Å²) in [6.07, 6.45) is 4.26. The van der Waals surface area contributed by atoms with Gasteiger partial charge >= 0.3 is 11.8 Å². The van der Waals surface area contributed by atoms with E-state index in [-0.39, 0.29) is 12.2 Å². The molecule has 2 amide bonds. The van der Waals surface area contributed by atoms with Crippen LogP contribution in [0.3, 0.4) is 0 Å². The van der Waals surface area contributed by atoms with Crippen LogP contribution in [-0.4, -0.2) is 48.8 Å². The monoisotopic (exact) mass is 270 g/mol. The highest BCUT2D eigenvalue weighted by molar-refractivity contribution is 6.35. The normalized spacial score (nSPS) is 23.9. The van der Waals surface area contributed by atoms with Crippen molar-refractivity contribution in [2.24, 2.45) is 5.92 Å². The van der Waals surface area contributed by atoms with Crippen LogP contribution in [0.4, 0.5) is 0 Å². The topological polar surface area (TPSA) is 87.7 Å². The summed E-state index contributed by atoms with van der Waals surface area (Å²) in [7, 11) is 0. The van der Waals surface area contributed by atoms with Crippen LogP contribution >= 0.6 is 0 Å². The molecule has 19 heavy (non-hydrogen) atoms. The van der Waals surface area contributed by atoms with Crippen molar-refractivity contribution in [2.45, 2.75) is 44.3 Å². The lowest BCUT2D eigenvalue weighted by molar-refractivity contribution is -0.139. The molecular weight excluding hydrogens is 248 g/mol. The molecule has 0 radical (unpaired) electrons.